The second-order valence-corrected chi connectivity index (χ2v) is 6.61. The summed E-state index contributed by atoms with van der Waals surface area (Å²) in [6.45, 7) is 0.922. The maximum absolute atomic E-state index is 12.6. The first-order valence-electron chi connectivity index (χ1n) is 6.72. The fourth-order valence-electron chi connectivity index (χ4n) is 2.00. The molecule has 1 aliphatic heterocycles. The molecule has 0 spiro atoms. The Balaban J connectivity index is 2.05. The second-order valence-electron chi connectivity index (χ2n) is 4.84. The van der Waals surface area contributed by atoms with E-state index in [2.05, 4.69) is 0 Å². The van der Waals surface area contributed by atoms with Gasteiger partial charge in [-0.25, -0.2) is 13.1 Å². The van der Waals surface area contributed by atoms with Gasteiger partial charge in [0.25, 0.3) is 0 Å². The number of nitrogens with zero attached hydrogens (tertiary/aromatic N) is 1. The number of carbonyl (C=O) groups excluding carboxylic acids is 1. The van der Waals surface area contributed by atoms with Crippen molar-refractivity contribution in [2.75, 3.05) is 32.8 Å². The molecule has 1 saturated heterocycles. The van der Waals surface area contributed by atoms with Crippen molar-refractivity contribution in [1.82, 2.24) is 9.62 Å². The highest BCUT2D eigenvalue weighted by atomic mass is 32.2. The zero-order chi connectivity index (χ0) is 17.1. The van der Waals surface area contributed by atoms with Crippen molar-refractivity contribution in [1.29, 1.82) is 0 Å². The predicted molar refractivity (Wildman–Crippen MR) is 74.0 cm³/mol. The van der Waals surface area contributed by atoms with Crippen molar-refractivity contribution in [2.24, 2.45) is 0 Å². The van der Waals surface area contributed by atoms with Gasteiger partial charge >= 0.3 is 6.18 Å². The molecule has 0 atom stereocenters. The summed E-state index contributed by atoms with van der Waals surface area (Å²) in [5, 5.41) is 0. The van der Waals surface area contributed by atoms with E-state index in [0.717, 1.165) is 18.2 Å². The van der Waals surface area contributed by atoms with Crippen LogP contribution in [0.1, 0.15) is 5.56 Å². The van der Waals surface area contributed by atoms with Gasteiger partial charge in [0.2, 0.25) is 15.9 Å². The topological polar surface area (TPSA) is 75.7 Å². The monoisotopic (exact) mass is 352 g/mol. The molecular weight excluding hydrogens is 337 g/mol. The third-order valence-electron chi connectivity index (χ3n) is 3.25. The van der Waals surface area contributed by atoms with Crippen LogP contribution in [0.2, 0.25) is 0 Å². The molecule has 0 unspecified atom stereocenters. The van der Waals surface area contributed by atoms with E-state index < -0.39 is 39.1 Å². The molecule has 1 amide bonds. The molecule has 1 aromatic rings. The van der Waals surface area contributed by atoms with E-state index in [1.807, 2.05) is 4.72 Å². The number of ether oxygens (including phenoxy) is 1. The highest BCUT2D eigenvalue weighted by molar-refractivity contribution is 7.89. The summed E-state index contributed by atoms with van der Waals surface area (Å²) in [6, 6.07) is 3.34. The van der Waals surface area contributed by atoms with E-state index >= 15 is 0 Å². The number of carbonyl (C=O) groups is 1. The first-order valence-corrected chi connectivity index (χ1v) is 8.21. The van der Waals surface area contributed by atoms with Crippen LogP contribution in [0.5, 0.6) is 0 Å². The van der Waals surface area contributed by atoms with Crippen molar-refractivity contribution in [3.63, 3.8) is 0 Å². The Morgan fingerprint density at radius 1 is 1.26 bits per heavy atom. The normalized spacial score (nSPS) is 16.4. The minimum atomic E-state index is -4.64. The number of sulfonamides is 1. The number of halogens is 3. The molecule has 0 aliphatic carbocycles. The van der Waals surface area contributed by atoms with Gasteiger partial charge in [0.1, 0.15) is 0 Å². The molecular formula is C13H15F3N2O4S. The van der Waals surface area contributed by atoms with Crippen LogP contribution in [0, 0.1) is 0 Å². The van der Waals surface area contributed by atoms with Crippen molar-refractivity contribution < 1.29 is 31.1 Å². The molecule has 128 valence electrons. The Morgan fingerprint density at radius 3 is 2.52 bits per heavy atom. The molecule has 0 saturated carbocycles. The van der Waals surface area contributed by atoms with E-state index in [9.17, 15) is 26.4 Å². The van der Waals surface area contributed by atoms with Gasteiger partial charge in [0.05, 0.1) is 30.2 Å². The highest BCUT2D eigenvalue weighted by Crippen LogP contribution is 2.30. The summed E-state index contributed by atoms with van der Waals surface area (Å²) in [5.74, 6) is -0.455. The molecule has 23 heavy (non-hydrogen) atoms. The smallest absolute Gasteiger partial charge is 0.378 e. The van der Waals surface area contributed by atoms with E-state index in [0.29, 0.717) is 32.4 Å². The van der Waals surface area contributed by atoms with Crippen LogP contribution >= 0.6 is 0 Å². The van der Waals surface area contributed by atoms with Gasteiger partial charge < -0.3 is 9.64 Å². The Hall–Kier alpha value is -1.65. The SMILES string of the molecule is O=C(CNS(=O)(=O)c1cccc(C(F)(F)F)c1)N1CCOCC1. The van der Waals surface area contributed by atoms with E-state index in [4.69, 9.17) is 4.74 Å². The number of benzene rings is 1. The molecule has 0 radical (unpaired) electrons. The van der Waals surface area contributed by atoms with Gasteiger partial charge in [-0.05, 0) is 18.2 Å². The summed E-state index contributed by atoms with van der Waals surface area (Å²) in [5.41, 5.74) is -1.07. The summed E-state index contributed by atoms with van der Waals surface area (Å²) in [6.07, 6.45) is -4.64. The summed E-state index contributed by atoms with van der Waals surface area (Å²) < 4.78 is 69.0. The average molecular weight is 352 g/mol. The molecule has 2 rings (SSSR count). The first kappa shape index (κ1) is 17.7. The summed E-state index contributed by atoms with van der Waals surface area (Å²) in [4.78, 5) is 12.8. The molecule has 1 N–H and O–H groups in total. The number of rotatable bonds is 4. The predicted octanol–water partition coefficient (Wildman–Crippen LogP) is 0.843. The van der Waals surface area contributed by atoms with Crippen LogP contribution < -0.4 is 4.72 Å². The molecule has 0 bridgehead atoms. The van der Waals surface area contributed by atoms with Gasteiger partial charge in [-0.15, -0.1) is 0 Å². The third-order valence-corrected chi connectivity index (χ3v) is 4.65. The van der Waals surface area contributed by atoms with Crippen LogP contribution in [0.15, 0.2) is 29.2 Å². The Bertz CT molecular complexity index is 670. The lowest BCUT2D eigenvalue weighted by Gasteiger charge is -2.26. The van der Waals surface area contributed by atoms with Crippen molar-refractivity contribution >= 4 is 15.9 Å². The largest absolute Gasteiger partial charge is 0.416 e. The fraction of sp³-hybridized carbons (Fsp3) is 0.462. The van der Waals surface area contributed by atoms with E-state index in [-0.39, 0.29) is 0 Å². The zero-order valence-corrected chi connectivity index (χ0v) is 12.8. The van der Waals surface area contributed by atoms with Crippen LogP contribution in [-0.2, 0) is 25.7 Å². The molecule has 1 aliphatic rings. The van der Waals surface area contributed by atoms with Gasteiger partial charge in [-0.3, -0.25) is 4.79 Å². The number of morpholine rings is 1. The minimum absolute atomic E-state index is 0.351. The van der Waals surface area contributed by atoms with Gasteiger partial charge in [0, 0.05) is 13.1 Å². The number of hydrogen-bond donors (Lipinski definition) is 1. The van der Waals surface area contributed by atoms with Crippen LogP contribution in [0.3, 0.4) is 0 Å². The third kappa shape index (κ3) is 4.66. The molecule has 1 aromatic carbocycles. The molecule has 1 fully saturated rings. The Morgan fingerprint density at radius 2 is 1.91 bits per heavy atom. The number of alkyl halides is 3. The first-order chi connectivity index (χ1) is 10.7. The van der Waals surface area contributed by atoms with Crippen molar-refractivity contribution in [2.45, 2.75) is 11.1 Å². The van der Waals surface area contributed by atoms with Crippen LogP contribution in [0.25, 0.3) is 0 Å². The summed E-state index contributed by atoms with van der Waals surface area (Å²) in [7, 11) is -4.21. The van der Waals surface area contributed by atoms with Crippen LogP contribution in [0.4, 0.5) is 13.2 Å². The number of amides is 1. The Kier molecular flexibility index (Phi) is 5.27. The van der Waals surface area contributed by atoms with Crippen molar-refractivity contribution in [3.05, 3.63) is 29.8 Å². The summed E-state index contributed by atoms with van der Waals surface area (Å²) >= 11 is 0. The quantitative estimate of drug-likeness (QED) is 0.871. The molecule has 1 heterocycles. The highest BCUT2D eigenvalue weighted by Gasteiger charge is 2.31. The fourth-order valence-corrected chi connectivity index (χ4v) is 3.02. The van der Waals surface area contributed by atoms with Gasteiger partial charge in [0.15, 0.2) is 0 Å². The lowest BCUT2D eigenvalue weighted by molar-refractivity contribution is -0.137. The molecule has 0 aromatic heterocycles. The second kappa shape index (κ2) is 6.85. The van der Waals surface area contributed by atoms with E-state index in [1.54, 1.807) is 0 Å². The lowest BCUT2D eigenvalue weighted by Crippen LogP contribution is -2.45. The lowest BCUT2D eigenvalue weighted by atomic mass is 10.2. The molecule has 6 nitrogen and oxygen atoms in total. The Labute approximate surface area is 131 Å². The average Bonchev–Trinajstić information content (AvgIpc) is 2.53. The van der Waals surface area contributed by atoms with Crippen LogP contribution in [-0.4, -0.2) is 52.1 Å². The van der Waals surface area contributed by atoms with Gasteiger partial charge in [-0.1, -0.05) is 6.07 Å². The molecule has 10 heteroatoms. The maximum atomic E-state index is 12.6. The zero-order valence-electron chi connectivity index (χ0n) is 12.0. The number of hydrogen-bond acceptors (Lipinski definition) is 4. The van der Waals surface area contributed by atoms with Crippen molar-refractivity contribution in [3.8, 4) is 0 Å². The maximum Gasteiger partial charge on any atom is 0.416 e. The van der Waals surface area contributed by atoms with Gasteiger partial charge in [-0.2, -0.15) is 13.2 Å². The van der Waals surface area contributed by atoms with E-state index in [1.165, 1.54) is 4.90 Å². The number of nitrogens with one attached hydrogen (secondary N) is 1. The minimum Gasteiger partial charge on any atom is -0.378 e. The standard InChI is InChI=1S/C13H15F3N2O4S/c14-13(15,16)10-2-1-3-11(8-10)23(20,21)17-9-12(19)18-4-6-22-7-5-18/h1-3,8,17H,4-7,9H2.